The zero-order valence-corrected chi connectivity index (χ0v) is 5.08. The molecule has 0 aliphatic carbocycles. The van der Waals surface area contributed by atoms with E-state index in [1.165, 1.54) is 6.08 Å². The van der Waals surface area contributed by atoms with E-state index in [4.69, 9.17) is 10.2 Å². The third-order valence-corrected chi connectivity index (χ3v) is 0.926. The van der Waals surface area contributed by atoms with Gasteiger partial charge in [-0.25, -0.2) is 0 Å². The quantitative estimate of drug-likeness (QED) is 0.541. The van der Waals surface area contributed by atoms with Gasteiger partial charge < -0.3 is 10.2 Å². The van der Waals surface area contributed by atoms with Gasteiger partial charge in [0, 0.05) is 6.42 Å². The summed E-state index contributed by atoms with van der Waals surface area (Å²) in [6.45, 7) is 3.30. The Morgan fingerprint density at radius 3 is 2.67 bits per heavy atom. The minimum absolute atomic E-state index is 0.00676. The number of rotatable bonds is 4. The molecule has 0 fully saturated rings. The van der Waals surface area contributed by atoms with Crippen LogP contribution < -0.4 is 0 Å². The van der Waals surface area contributed by atoms with E-state index >= 15 is 0 Å². The molecule has 0 amide bonds. The number of hydrogen-bond donors (Lipinski definition) is 2. The molecule has 0 aromatic heterocycles. The van der Waals surface area contributed by atoms with Crippen LogP contribution in [-0.4, -0.2) is 22.3 Å². The van der Waals surface area contributed by atoms with Gasteiger partial charge in [0.25, 0.3) is 0 Å². The van der Waals surface area contributed by atoms with Gasteiger partial charge in [-0.15, -0.1) is 6.58 Å². The molecule has 0 aromatic carbocycles. The minimum Gasteiger partial charge on any atom is -0.481 e. The fourth-order valence-electron chi connectivity index (χ4n) is 0.389. The second-order valence-corrected chi connectivity index (χ2v) is 1.74. The molecule has 1 atom stereocenters. The van der Waals surface area contributed by atoms with Crippen LogP contribution in [0.3, 0.4) is 0 Å². The lowest BCUT2D eigenvalue weighted by molar-refractivity contribution is -0.137. The van der Waals surface area contributed by atoms with Crippen LogP contribution in [-0.2, 0) is 4.79 Å². The van der Waals surface area contributed by atoms with Crippen LogP contribution in [0.15, 0.2) is 12.7 Å². The van der Waals surface area contributed by atoms with E-state index in [1.54, 1.807) is 0 Å². The first kappa shape index (κ1) is 8.17. The molecule has 0 spiro atoms. The highest BCUT2D eigenvalue weighted by atomic mass is 16.4. The van der Waals surface area contributed by atoms with E-state index in [0.717, 1.165) is 0 Å². The number of aliphatic hydroxyl groups excluding tert-OH is 1. The van der Waals surface area contributed by atoms with Gasteiger partial charge in [-0.3, -0.25) is 4.79 Å². The first-order valence-electron chi connectivity index (χ1n) is 2.69. The number of carboxylic acids is 1. The molecule has 0 saturated heterocycles. The molecule has 0 aliphatic rings. The average molecular weight is 130 g/mol. The highest BCUT2D eigenvalue weighted by Crippen LogP contribution is 1.96. The molecule has 3 nitrogen and oxygen atoms in total. The van der Waals surface area contributed by atoms with Crippen molar-refractivity contribution < 1.29 is 15.0 Å². The maximum Gasteiger partial charge on any atom is 0.303 e. The molecule has 0 rings (SSSR count). The maximum absolute atomic E-state index is 9.87. The first-order valence-corrected chi connectivity index (χ1v) is 2.69. The zero-order valence-electron chi connectivity index (χ0n) is 5.08. The van der Waals surface area contributed by atoms with E-state index in [2.05, 4.69) is 6.58 Å². The maximum atomic E-state index is 9.87. The van der Waals surface area contributed by atoms with E-state index in [9.17, 15) is 4.79 Å². The van der Waals surface area contributed by atoms with E-state index in [1.807, 2.05) is 0 Å². The summed E-state index contributed by atoms with van der Waals surface area (Å²) in [4.78, 5) is 9.87. The number of aliphatic carboxylic acids is 1. The molecule has 0 heterocycles. The van der Waals surface area contributed by atoms with Crippen molar-refractivity contribution in [2.75, 3.05) is 0 Å². The van der Waals surface area contributed by atoms with Crippen LogP contribution in [0.1, 0.15) is 12.8 Å². The van der Waals surface area contributed by atoms with Crippen molar-refractivity contribution >= 4 is 5.97 Å². The van der Waals surface area contributed by atoms with Crippen LogP contribution in [0.5, 0.6) is 0 Å². The monoisotopic (exact) mass is 130 g/mol. The van der Waals surface area contributed by atoms with E-state index < -0.39 is 12.1 Å². The summed E-state index contributed by atoms with van der Waals surface area (Å²) in [5, 5.41) is 16.8. The fourth-order valence-corrected chi connectivity index (χ4v) is 0.389. The fraction of sp³-hybridized carbons (Fsp3) is 0.500. The highest BCUT2D eigenvalue weighted by molar-refractivity contribution is 5.66. The molecule has 0 aromatic rings. The first-order chi connectivity index (χ1) is 4.16. The van der Waals surface area contributed by atoms with Crippen LogP contribution in [0.4, 0.5) is 0 Å². The Morgan fingerprint density at radius 2 is 2.33 bits per heavy atom. The Hall–Kier alpha value is -0.830. The van der Waals surface area contributed by atoms with Gasteiger partial charge in [0.1, 0.15) is 0 Å². The molecule has 52 valence electrons. The molecule has 9 heavy (non-hydrogen) atoms. The molecule has 1 unspecified atom stereocenters. The van der Waals surface area contributed by atoms with Crippen molar-refractivity contribution in [3.05, 3.63) is 12.7 Å². The second kappa shape index (κ2) is 4.09. The molecule has 0 radical (unpaired) electrons. The summed E-state index contributed by atoms with van der Waals surface area (Å²) in [6, 6.07) is 0. The Kier molecular flexibility index (Phi) is 3.71. The van der Waals surface area contributed by atoms with Gasteiger partial charge in [-0.1, -0.05) is 6.08 Å². The Balaban J connectivity index is 3.26. The number of hydrogen-bond acceptors (Lipinski definition) is 2. The average Bonchev–Trinajstić information content (AvgIpc) is 1.83. The van der Waals surface area contributed by atoms with Gasteiger partial charge in [-0.05, 0) is 6.42 Å². The third-order valence-electron chi connectivity index (χ3n) is 0.926. The lowest BCUT2D eigenvalue weighted by Crippen LogP contribution is -2.05. The number of carbonyl (C=O) groups is 1. The molecule has 0 saturated carbocycles. The van der Waals surface area contributed by atoms with Crippen molar-refractivity contribution in [3.63, 3.8) is 0 Å². The van der Waals surface area contributed by atoms with Crippen molar-refractivity contribution in [1.29, 1.82) is 0 Å². The summed E-state index contributed by atoms with van der Waals surface area (Å²) in [6.07, 6.45) is 0.885. The second-order valence-electron chi connectivity index (χ2n) is 1.74. The molecule has 2 N–H and O–H groups in total. The van der Waals surface area contributed by atoms with Gasteiger partial charge in [0.05, 0.1) is 6.10 Å². The van der Waals surface area contributed by atoms with Crippen LogP contribution in [0, 0.1) is 0 Å². The van der Waals surface area contributed by atoms with Crippen LogP contribution in [0.25, 0.3) is 0 Å². The summed E-state index contributed by atoms with van der Waals surface area (Å²) >= 11 is 0. The smallest absolute Gasteiger partial charge is 0.303 e. The van der Waals surface area contributed by atoms with Gasteiger partial charge in [0.2, 0.25) is 0 Å². The SMILES string of the molecule is C=CC(O)CCC(=O)O. The summed E-state index contributed by atoms with van der Waals surface area (Å²) < 4.78 is 0. The van der Waals surface area contributed by atoms with Gasteiger partial charge in [-0.2, -0.15) is 0 Å². The lowest BCUT2D eigenvalue weighted by atomic mass is 10.2. The molecule has 0 bridgehead atoms. The number of aliphatic hydroxyl groups is 1. The Morgan fingerprint density at radius 1 is 1.78 bits per heavy atom. The molecular weight excluding hydrogens is 120 g/mol. The topological polar surface area (TPSA) is 57.5 Å². The summed E-state index contributed by atoms with van der Waals surface area (Å²) in [5.41, 5.74) is 0. The lowest BCUT2D eigenvalue weighted by Gasteiger charge is -1.99. The van der Waals surface area contributed by atoms with Gasteiger partial charge >= 0.3 is 5.97 Å². The van der Waals surface area contributed by atoms with Crippen molar-refractivity contribution in [2.24, 2.45) is 0 Å². The van der Waals surface area contributed by atoms with Crippen molar-refractivity contribution in [3.8, 4) is 0 Å². The van der Waals surface area contributed by atoms with E-state index in [0.29, 0.717) is 0 Å². The van der Waals surface area contributed by atoms with Crippen molar-refractivity contribution in [1.82, 2.24) is 0 Å². The minimum atomic E-state index is -0.893. The van der Waals surface area contributed by atoms with E-state index in [-0.39, 0.29) is 12.8 Å². The normalized spacial score (nSPS) is 12.6. The molecule has 0 aliphatic heterocycles. The third kappa shape index (κ3) is 5.03. The predicted molar refractivity (Wildman–Crippen MR) is 33.1 cm³/mol. The predicted octanol–water partition coefficient (Wildman–Crippen LogP) is 0.398. The summed E-state index contributed by atoms with van der Waals surface area (Å²) in [7, 11) is 0. The Labute approximate surface area is 53.6 Å². The Bertz CT molecular complexity index is 109. The summed E-state index contributed by atoms with van der Waals surface area (Å²) in [5.74, 6) is -0.893. The van der Waals surface area contributed by atoms with Crippen LogP contribution in [0.2, 0.25) is 0 Å². The van der Waals surface area contributed by atoms with Crippen LogP contribution >= 0.6 is 0 Å². The molecular formula is C6H10O3. The number of carboxylic acid groups (broad SMARTS) is 1. The van der Waals surface area contributed by atoms with Gasteiger partial charge in [0.15, 0.2) is 0 Å². The molecule has 3 heteroatoms. The van der Waals surface area contributed by atoms with Crippen molar-refractivity contribution in [2.45, 2.75) is 18.9 Å². The highest BCUT2D eigenvalue weighted by Gasteiger charge is 2.01. The standard InChI is InChI=1S/C6H10O3/c1-2-5(7)3-4-6(8)9/h2,5,7H,1,3-4H2,(H,8,9). The largest absolute Gasteiger partial charge is 0.481 e. The zero-order chi connectivity index (χ0) is 7.28.